The van der Waals surface area contributed by atoms with E-state index in [0.29, 0.717) is 6.04 Å². The average Bonchev–Trinajstić information content (AvgIpc) is 2.17. The van der Waals surface area contributed by atoms with Crippen LogP contribution in [0.1, 0.15) is 46.5 Å². The number of hydrogen-bond acceptors (Lipinski definition) is 3. The smallest absolute Gasteiger partial charge is 0.0998 e. The summed E-state index contributed by atoms with van der Waals surface area (Å²) in [6, 6.07) is 0.563. The monoisotopic (exact) mass is 198 g/mol. The number of nitrogens with one attached hydrogen (secondary N) is 1. The summed E-state index contributed by atoms with van der Waals surface area (Å²) in [5.41, 5.74) is -0.270. The number of nitrogens with zero attached hydrogens (tertiary/aromatic N) is 1. The molecule has 0 bridgehead atoms. The van der Waals surface area contributed by atoms with Gasteiger partial charge in [0.25, 0.3) is 0 Å². The summed E-state index contributed by atoms with van der Waals surface area (Å²) in [6.07, 6.45) is 4.20. The zero-order valence-electron chi connectivity index (χ0n) is 9.55. The Bertz CT molecular complexity index is 184. The van der Waals surface area contributed by atoms with Crippen molar-refractivity contribution < 1.29 is 0 Å². The van der Waals surface area contributed by atoms with E-state index in [-0.39, 0.29) is 5.54 Å². The minimum Gasteiger partial charge on any atom is -0.314 e. The van der Waals surface area contributed by atoms with Crippen LogP contribution < -0.4 is 5.32 Å². The van der Waals surface area contributed by atoms with Crippen LogP contribution in [0.2, 0.25) is 0 Å². The van der Waals surface area contributed by atoms with Crippen molar-refractivity contribution >= 4 is 0 Å². The fourth-order valence-electron chi connectivity index (χ4n) is 2.00. The second kappa shape index (κ2) is 4.87. The van der Waals surface area contributed by atoms with Crippen LogP contribution in [0.15, 0.2) is 5.18 Å². The molecule has 0 aromatic rings. The predicted molar refractivity (Wildman–Crippen MR) is 59.3 cm³/mol. The Hall–Kier alpha value is -0.440. The van der Waals surface area contributed by atoms with Gasteiger partial charge in [0, 0.05) is 6.04 Å². The van der Waals surface area contributed by atoms with E-state index in [2.05, 4.69) is 24.3 Å². The lowest BCUT2D eigenvalue weighted by Crippen LogP contribution is -2.35. The van der Waals surface area contributed by atoms with Gasteiger partial charge in [0.2, 0.25) is 0 Å². The third-order valence-corrected chi connectivity index (χ3v) is 3.22. The van der Waals surface area contributed by atoms with E-state index in [1.165, 1.54) is 0 Å². The molecule has 0 spiro atoms. The summed E-state index contributed by atoms with van der Waals surface area (Å²) in [5, 5.41) is 6.69. The molecule has 1 rings (SSSR count). The number of rotatable bonds is 4. The van der Waals surface area contributed by atoms with Crippen molar-refractivity contribution in [2.75, 3.05) is 6.54 Å². The van der Waals surface area contributed by atoms with Crippen molar-refractivity contribution in [3.8, 4) is 0 Å². The van der Waals surface area contributed by atoms with Gasteiger partial charge in [-0.25, -0.2) is 0 Å². The average molecular weight is 198 g/mol. The highest BCUT2D eigenvalue weighted by molar-refractivity contribution is 4.89. The molecule has 3 nitrogen and oxygen atoms in total. The molecule has 0 atom stereocenters. The van der Waals surface area contributed by atoms with Gasteiger partial charge in [-0.1, -0.05) is 19.0 Å². The molecule has 1 fully saturated rings. The Morgan fingerprint density at radius 2 is 2.00 bits per heavy atom. The molecular formula is C11H22N2O. The lowest BCUT2D eigenvalue weighted by Gasteiger charge is -2.32. The zero-order valence-corrected chi connectivity index (χ0v) is 9.55. The van der Waals surface area contributed by atoms with Crippen molar-refractivity contribution in [2.45, 2.75) is 58.0 Å². The fourth-order valence-corrected chi connectivity index (χ4v) is 2.00. The molecule has 0 heterocycles. The molecule has 0 saturated heterocycles. The minimum absolute atomic E-state index is 0.270. The first-order valence-corrected chi connectivity index (χ1v) is 5.63. The van der Waals surface area contributed by atoms with Gasteiger partial charge in [-0.15, -0.1) is 0 Å². The molecular weight excluding hydrogens is 176 g/mol. The van der Waals surface area contributed by atoms with Gasteiger partial charge in [-0.2, -0.15) is 4.91 Å². The van der Waals surface area contributed by atoms with E-state index >= 15 is 0 Å². The van der Waals surface area contributed by atoms with Crippen molar-refractivity contribution in [1.82, 2.24) is 5.32 Å². The van der Waals surface area contributed by atoms with E-state index in [1.54, 1.807) is 0 Å². The summed E-state index contributed by atoms with van der Waals surface area (Å²) in [4.78, 5) is 10.6. The van der Waals surface area contributed by atoms with Crippen LogP contribution in [0.25, 0.3) is 0 Å². The molecule has 14 heavy (non-hydrogen) atoms. The summed E-state index contributed by atoms with van der Waals surface area (Å²) >= 11 is 0. The first-order valence-electron chi connectivity index (χ1n) is 5.63. The maximum atomic E-state index is 10.6. The molecule has 0 aromatic carbocycles. The Morgan fingerprint density at radius 3 is 2.43 bits per heavy atom. The van der Waals surface area contributed by atoms with E-state index in [9.17, 15) is 4.91 Å². The predicted octanol–water partition coefficient (Wildman–Crippen LogP) is 2.70. The van der Waals surface area contributed by atoms with Crippen LogP contribution in [0.5, 0.6) is 0 Å². The molecule has 1 aliphatic carbocycles. The second-order valence-corrected chi connectivity index (χ2v) is 5.09. The molecule has 0 amide bonds. The first kappa shape index (κ1) is 11.6. The minimum atomic E-state index is -0.270. The zero-order chi connectivity index (χ0) is 10.6. The van der Waals surface area contributed by atoms with E-state index < -0.39 is 0 Å². The molecule has 0 aromatic heterocycles. The third-order valence-electron chi connectivity index (χ3n) is 3.22. The highest BCUT2D eigenvalue weighted by atomic mass is 16.3. The van der Waals surface area contributed by atoms with Gasteiger partial charge >= 0.3 is 0 Å². The summed E-state index contributed by atoms with van der Waals surface area (Å²) in [7, 11) is 0. The van der Waals surface area contributed by atoms with Crippen LogP contribution in [0, 0.1) is 10.8 Å². The quantitative estimate of drug-likeness (QED) is 0.706. The Labute approximate surface area is 86.6 Å². The van der Waals surface area contributed by atoms with Gasteiger partial charge in [0.05, 0.1) is 5.54 Å². The molecule has 1 N–H and O–H groups in total. The van der Waals surface area contributed by atoms with E-state index in [0.717, 1.165) is 38.1 Å². The molecule has 3 heteroatoms. The second-order valence-electron chi connectivity index (χ2n) is 5.09. The molecule has 1 aliphatic rings. The lowest BCUT2D eigenvalue weighted by atomic mass is 9.78. The third kappa shape index (κ3) is 3.37. The lowest BCUT2D eigenvalue weighted by molar-refractivity contribution is 0.243. The maximum Gasteiger partial charge on any atom is 0.0998 e. The SMILES string of the molecule is CC(C)NC[C@H]1CC[C@](C)(N=O)CC1. The normalized spacial score (nSPS) is 33.3. The molecule has 0 unspecified atom stereocenters. The number of nitroso groups, excluding NO2 is 1. The maximum absolute atomic E-state index is 10.6. The summed E-state index contributed by atoms with van der Waals surface area (Å²) < 4.78 is 0. The van der Waals surface area contributed by atoms with Gasteiger partial charge in [-0.3, -0.25) is 0 Å². The van der Waals surface area contributed by atoms with Crippen LogP contribution in [0.3, 0.4) is 0 Å². The highest BCUT2D eigenvalue weighted by Crippen LogP contribution is 2.34. The standard InChI is InChI=1S/C11H22N2O/c1-9(2)12-8-10-4-6-11(3,13-14)7-5-10/h9-10,12H,4-8H2,1-3H3/t10-,11-. The fraction of sp³-hybridized carbons (Fsp3) is 1.00. The van der Waals surface area contributed by atoms with Crippen LogP contribution >= 0.6 is 0 Å². The topological polar surface area (TPSA) is 41.5 Å². The molecule has 0 aliphatic heterocycles. The number of hydrogen-bond donors (Lipinski definition) is 1. The molecule has 1 saturated carbocycles. The van der Waals surface area contributed by atoms with Gasteiger partial charge < -0.3 is 5.32 Å². The Kier molecular flexibility index (Phi) is 4.05. The van der Waals surface area contributed by atoms with Crippen molar-refractivity contribution in [1.29, 1.82) is 0 Å². The Morgan fingerprint density at radius 1 is 1.43 bits per heavy atom. The van der Waals surface area contributed by atoms with Crippen molar-refractivity contribution in [3.05, 3.63) is 4.91 Å². The van der Waals surface area contributed by atoms with Gasteiger partial charge in [0.15, 0.2) is 0 Å². The van der Waals surface area contributed by atoms with Crippen LogP contribution in [0.4, 0.5) is 0 Å². The van der Waals surface area contributed by atoms with Crippen LogP contribution in [-0.4, -0.2) is 18.1 Å². The molecule has 82 valence electrons. The Balaban J connectivity index is 2.25. The van der Waals surface area contributed by atoms with Gasteiger partial charge in [-0.05, 0) is 45.1 Å². The first-order chi connectivity index (χ1) is 6.56. The largest absolute Gasteiger partial charge is 0.314 e. The van der Waals surface area contributed by atoms with E-state index in [1.807, 2.05) is 6.92 Å². The molecule has 0 radical (unpaired) electrons. The highest BCUT2D eigenvalue weighted by Gasteiger charge is 2.31. The van der Waals surface area contributed by atoms with E-state index in [4.69, 9.17) is 0 Å². The van der Waals surface area contributed by atoms with Gasteiger partial charge in [0.1, 0.15) is 0 Å². The summed E-state index contributed by atoms with van der Waals surface area (Å²) in [5.74, 6) is 0.743. The van der Waals surface area contributed by atoms with Crippen molar-refractivity contribution in [3.63, 3.8) is 0 Å². The summed E-state index contributed by atoms with van der Waals surface area (Å²) in [6.45, 7) is 7.40. The van der Waals surface area contributed by atoms with Crippen molar-refractivity contribution in [2.24, 2.45) is 11.1 Å². The van der Waals surface area contributed by atoms with Crippen LogP contribution in [-0.2, 0) is 0 Å².